The Bertz CT molecular complexity index is 909. The van der Waals surface area contributed by atoms with Crippen LogP contribution in [0.1, 0.15) is 31.9 Å². The first-order valence-electron chi connectivity index (χ1n) is 10.7. The molecule has 1 amide bonds. The van der Waals surface area contributed by atoms with E-state index in [4.69, 9.17) is 37.8 Å². The third-order valence-electron chi connectivity index (χ3n) is 4.72. The molecule has 188 valence electrons. The van der Waals surface area contributed by atoms with Gasteiger partial charge in [0.15, 0.2) is 0 Å². The second-order valence-corrected chi connectivity index (χ2v) is 10.1. The third kappa shape index (κ3) is 11.0. The third-order valence-corrected chi connectivity index (χ3v) is 6.71. The van der Waals surface area contributed by atoms with Gasteiger partial charge in [-0.25, -0.2) is 8.51 Å². The van der Waals surface area contributed by atoms with Crippen molar-refractivity contribution in [2.45, 2.75) is 32.4 Å². The number of halogens is 2. The molecule has 0 radical (unpaired) electrons. The molecule has 1 saturated heterocycles. The van der Waals surface area contributed by atoms with E-state index in [9.17, 15) is 9.00 Å². The summed E-state index contributed by atoms with van der Waals surface area (Å²) in [5.41, 5.74) is 0.983. The number of aliphatic carboxylic acids is 1. The van der Waals surface area contributed by atoms with Crippen LogP contribution >= 0.6 is 23.2 Å². The lowest BCUT2D eigenvalue weighted by Crippen LogP contribution is -2.51. The number of carbonyl (C=O) groups is 2. The van der Waals surface area contributed by atoms with Gasteiger partial charge in [-0.15, -0.1) is 0 Å². The van der Waals surface area contributed by atoms with E-state index < -0.39 is 17.0 Å². The zero-order valence-electron chi connectivity index (χ0n) is 19.8. The fraction of sp³-hybridized carbons (Fsp3) is 0.417. The van der Waals surface area contributed by atoms with Gasteiger partial charge < -0.3 is 14.7 Å². The predicted molar refractivity (Wildman–Crippen MR) is 137 cm³/mol. The fourth-order valence-electron chi connectivity index (χ4n) is 3.11. The topological polar surface area (TPSA) is 87.2 Å². The SMILES string of the molecule is CC(=O)O.CC[C@@H](CS(=O)N(C)C)N1C(=O)COC[C@H]1c1ccc(Cl)cc1.Clc1ccccc1. The lowest BCUT2D eigenvalue weighted by Gasteiger charge is -2.41. The number of carboxylic acids is 1. The van der Waals surface area contributed by atoms with Crippen molar-refractivity contribution < 1.29 is 23.6 Å². The van der Waals surface area contributed by atoms with Crippen LogP contribution in [-0.4, -0.2) is 69.5 Å². The number of nitrogens with zero attached hydrogens (tertiary/aromatic N) is 2. The van der Waals surface area contributed by atoms with Gasteiger partial charge in [-0.1, -0.05) is 60.5 Å². The molecule has 10 heteroatoms. The van der Waals surface area contributed by atoms with E-state index in [1.807, 2.05) is 66.4 Å². The molecule has 1 unspecified atom stereocenters. The summed E-state index contributed by atoms with van der Waals surface area (Å²) in [5.74, 6) is -0.460. The molecular formula is C24H32Cl2N2O5S. The minimum atomic E-state index is -1.12. The zero-order valence-corrected chi connectivity index (χ0v) is 22.1. The van der Waals surface area contributed by atoms with E-state index in [-0.39, 0.29) is 24.6 Å². The Balaban J connectivity index is 0.000000432. The van der Waals surface area contributed by atoms with Crippen molar-refractivity contribution in [2.75, 3.05) is 33.1 Å². The van der Waals surface area contributed by atoms with E-state index in [2.05, 4.69) is 0 Å². The number of hydrogen-bond acceptors (Lipinski definition) is 4. The van der Waals surface area contributed by atoms with Crippen LogP contribution in [0, 0.1) is 0 Å². The Morgan fingerprint density at radius 2 is 1.68 bits per heavy atom. The Labute approximate surface area is 214 Å². The van der Waals surface area contributed by atoms with Crippen LogP contribution < -0.4 is 0 Å². The van der Waals surface area contributed by atoms with Gasteiger partial charge in [0, 0.05) is 23.0 Å². The smallest absolute Gasteiger partial charge is 0.300 e. The predicted octanol–water partition coefficient (Wildman–Crippen LogP) is 4.67. The van der Waals surface area contributed by atoms with E-state index in [1.54, 1.807) is 18.4 Å². The number of carbonyl (C=O) groups excluding carboxylic acids is 1. The van der Waals surface area contributed by atoms with Gasteiger partial charge in [0.25, 0.3) is 5.97 Å². The first-order chi connectivity index (χ1) is 16.1. The first kappa shape index (κ1) is 30.1. The summed E-state index contributed by atoms with van der Waals surface area (Å²) >= 11 is 11.5. The Hall–Kier alpha value is -1.97. The molecule has 0 aliphatic carbocycles. The molecule has 1 fully saturated rings. The lowest BCUT2D eigenvalue weighted by molar-refractivity contribution is -0.151. The maximum absolute atomic E-state index is 12.5. The van der Waals surface area contributed by atoms with E-state index in [0.717, 1.165) is 23.9 Å². The maximum Gasteiger partial charge on any atom is 0.300 e. The molecule has 3 atom stereocenters. The molecule has 0 aromatic heterocycles. The summed E-state index contributed by atoms with van der Waals surface area (Å²) in [5, 5.41) is 8.87. The van der Waals surface area contributed by atoms with E-state index in [1.165, 1.54) is 0 Å². The van der Waals surface area contributed by atoms with Crippen molar-refractivity contribution >= 4 is 46.1 Å². The van der Waals surface area contributed by atoms with Gasteiger partial charge in [-0.3, -0.25) is 9.59 Å². The van der Waals surface area contributed by atoms with Gasteiger partial charge in [-0.2, -0.15) is 0 Å². The van der Waals surface area contributed by atoms with Gasteiger partial charge in [0.2, 0.25) is 5.91 Å². The quantitative estimate of drug-likeness (QED) is 0.585. The number of carboxylic acid groups (broad SMARTS) is 1. The van der Waals surface area contributed by atoms with Crippen molar-refractivity contribution in [3.05, 3.63) is 70.2 Å². The molecule has 1 aliphatic rings. The molecule has 3 rings (SSSR count). The second kappa shape index (κ2) is 15.8. The molecule has 2 aromatic rings. The lowest BCUT2D eigenvalue weighted by atomic mass is 10.0. The Morgan fingerprint density at radius 1 is 1.15 bits per heavy atom. The largest absolute Gasteiger partial charge is 0.481 e. The van der Waals surface area contributed by atoms with Crippen LogP contribution in [0.2, 0.25) is 10.0 Å². The standard InChI is InChI=1S/C16H23ClN2O3S.C6H5Cl.C2H4O2/c1-4-14(11-23(21)18(2)3)19-15(9-22-10-16(19)20)12-5-7-13(17)8-6-12;7-6-4-2-1-3-5-6;1-2(3)4/h5-8,14-15H,4,9-11H2,1-3H3;1-5H;1H3,(H,3,4)/t14-,15-,23?;;/m0../s1. The molecule has 0 saturated carbocycles. The second-order valence-electron chi connectivity index (χ2n) is 7.56. The summed E-state index contributed by atoms with van der Waals surface area (Å²) in [6.07, 6.45) is 0.745. The monoisotopic (exact) mass is 530 g/mol. The van der Waals surface area contributed by atoms with Crippen molar-refractivity contribution in [1.29, 1.82) is 0 Å². The molecular weight excluding hydrogens is 499 g/mol. The Morgan fingerprint density at radius 3 is 2.12 bits per heavy atom. The van der Waals surface area contributed by atoms with E-state index in [0.29, 0.717) is 17.4 Å². The zero-order chi connectivity index (χ0) is 25.7. The number of ether oxygens (including phenoxy) is 1. The van der Waals surface area contributed by atoms with Crippen molar-refractivity contribution in [3.8, 4) is 0 Å². The number of morpholine rings is 1. The summed E-state index contributed by atoms with van der Waals surface area (Å²) in [4.78, 5) is 23.3. The molecule has 2 aromatic carbocycles. The number of amides is 1. The van der Waals surface area contributed by atoms with Crippen LogP contribution in [0.4, 0.5) is 0 Å². The molecule has 7 nitrogen and oxygen atoms in total. The summed E-state index contributed by atoms with van der Waals surface area (Å²) < 4.78 is 19.3. The van der Waals surface area contributed by atoms with Crippen LogP contribution in [-0.2, 0) is 25.3 Å². The highest BCUT2D eigenvalue weighted by molar-refractivity contribution is 7.82. The molecule has 0 spiro atoms. The van der Waals surface area contributed by atoms with Crippen LogP contribution in [0.3, 0.4) is 0 Å². The summed E-state index contributed by atoms with van der Waals surface area (Å²) in [6.45, 7) is 3.62. The van der Waals surface area contributed by atoms with Crippen LogP contribution in [0.25, 0.3) is 0 Å². The Kier molecular flexibility index (Phi) is 14.0. The van der Waals surface area contributed by atoms with Gasteiger partial charge in [0.05, 0.1) is 29.4 Å². The van der Waals surface area contributed by atoms with Crippen LogP contribution in [0.5, 0.6) is 0 Å². The molecule has 1 aliphatic heterocycles. The normalized spacial score (nSPS) is 17.1. The van der Waals surface area contributed by atoms with Crippen LogP contribution in [0.15, 0.2) is 54.6 Å². The summed E-state index contributed by atoms with van der Waals surface area (Å²) in [7, 11) is 2.44. The average Bonchev–Trinajstić information content (AvgIpc) is 2.78. The minimum absolute atomic E-state index is 0.0567. The van der Waals surface area contributed by atoms with Gasteiger partial charge >= 0.3 is 0 Å². The van der Waals surface area contributed by atoms with Crippen molar-refractivity contribution in [1.82, 2.24) is 9.21 Å². The minimum Gasteiger partial charge on any atom is -0.481 e. The highest BCUT2D eigenvalue weighted by Gasteiger charge is 2.35. The first-order valence-corrected chi connectivity index (χ1v) is 12.7. The molecule has 1 N–H and O–H groups in total. The molecule has 0 bridgehead atoms. The number of hydrogen-bond donors (Lipinski definition) is 1. The molecule has 1 heterocycles. The van der Waals surface area contributed by atoms with E-state index >= 15 is 0 Å². The average molecular weight is 532 g/mol. The molecule has 34 heavy (non-hydrogen) atoms. The maximum atomic E-state index is 12.5. The number of rotatable bonds is 6. The van der Waals surface area contributed by atoms with Gasteiger partial charge in [-0.05, 0) is 50.3 Å². The fourth-order valence-corrected chi connectivity index (χ4v) is 4.40. The van der Waals surface area contributed by atoms with Crippen molar-refractivity contribution in [2.24, 2.45) is 0 Å². The van der Waals surface area contributed by atoms with Gasteiger partial charge in [0.1, 0.15) is 6.61 Å². The summed E-state index contributed by atoms with van der Waals surface area (Å²) in [6, 6.07) is 16.6. The highest BCUT2D eigenvalue weighted by Crippen LogP contribution is 2.29. The highest BCUT2D eigenvalue weighted by atomic mass is 35.5. The number of benzene rings is 2. The van der Waals surface area contributed by atoms with Crippen molar-refractivity contribution in [3.63, 3.8) is 0 Å².